The van der Waals surface area contributed by atoms with Crippen LogP contribution in [-0.2, 0) is 0 Å². The number of hydrogen-bond acceptors (Lipinski definition) is 3. The van der Waals surface area contributed by atoms with Crippen molar-refractivity contribution < 1.29 is 4.39 Å². The quantitative estimate of drug-likeness (QED) is 0.785. The Morgan fingerprint density at radius 2 is 2.11 bits per heavy atom. The largest absolute Gasteiger partial charge is 0.309 e. The van der Waals surface area contributed by atoms with Gasteiger partial charge in [-0.3, -0.25) is 4.98 Å². The molecular weight excluding hydrogens is 259 g/mol. The third-order valence-electron chi connectivity index (χ3n) is 3.16. The third-order valence-corrected chi connectivity index (χ3v) is 4.02. The van der Waals surface area contributed by atoms with Gasteiger partial charge in [0.25, 0.3) is 0 Å². The number of rotatable bonds is 3. The highest BCUT2D eigenvalue weighted by molar-refractivity contribution is 7.17. The minimum absolute atomic E-state index is 0.180. The summed E-state index contributed by atoms with van der Waals surface area (Å²) < 4.78 is 15.0. The van der Waals surface area contributed by atoms with Crippen LogP contribution in [0.4, 0.5) is 4.39 Å². The molecule has 2 heterocycles. The van der Waals surface area contributed by atoms with Crippen LogP contribution in [0.25, 0.3) is 10.2 Å². The van der Waals surface area contributed by atoms with Crippen LogP contribution < -0.4 is 5.32 Å². The minimum atomic E-state index is -0.201. The Morgan fingerprint density at radius 1 is 1.26 bits per heavy atom. The molecule has 1 atom stereocenters. The van der Waals surface area contributed by atoms with Gasteiger partial charge in [0.2, 0.25) is 0 Å². The van der Waals surface area contributed by atoms with Gasteiger partial charge in [0.1, 0.15) is 5.82 Å². The zero-order chi connectivity index (χ0) is 13.2. The van der Waals surface area contributed by atoms with E-state index < -0.39 is 0 Å². The summed E-state index contributed by atoms with van der Waals surface area (Å²) in [7, 11) is 1.83. The molecule has 1 unspecified atom stereocenters. The normalized spacial score (nSPS) is 12.7. The van der Waals surface area contributed by atoms with E-state index in [4.69, 9.17) is 0 Å². The summed E-state index contributed by atoms with van der Waals surface area (Å²) in [6.45, 7) is 0. The van der Waals surface area contributed by atoms with Crippen molar-refractivity contribution in [2.24, 2.45) is 0 Å². The van der Waals surface area contributed by atoms with Gasteiger partial charge < -0.3 is 5.32 Å². The molecule has 0 aliphatic carbocycles. The van der Waals surface area contributed by atoms with Crippen molar-refractivity contribution in [3.05, 3.63) is 64.9 Å². The maximum atomic E-state index is 13.9. The molecule has 3 aromatic rings. The number of benzene rings is 1. The second-order valence-electron chi connectivity index (χ2n) is 4.32. The lowest BCUT2D eigenvalue weighted by Gasteiger charge is -2.17. The van der Waals surface area contributed by atoms with E-state index in [1.807, 2.05) is 30.8 Å². The lowest BCUT2D eigenvalue weighted by Crippen LogP contribution is -2.19. The standard InChI is InChI=1S/C15H13FN2S/c1-17-15(11-4-2-3-5-12(11)16)10-8-14-13(18-9-10)6-7-19-14/h2-9,15,17H,1H3. The maximum absolute atomic E-state index is 13.9. The first-order valence-corrected chi connectivity index (χ1v) is 6.92. The average molecular weight is 272 g/mol. The number of halogens is 1. The van der Waals surface area contributed by atoms with Crippen LogP contribution in [0.3, 0.4) is 0 Å². The summed E-state index contributed by atoms with van der Waals surface area (Å²) in [5, 5.41) is 5.17. The van der Waals surface area contributed by atoms with Crippen LogP contribution in [-0.4, -0.2) is 12.0 Å². The van der Waals surface area contributed by atoms with Gasteiger partial charge >= 0.3 is 0 Å². The highest BCUT2D eigenvalue weighted by Gasteiger charge is 2.16. The third kappa shape index (κ3) is 2.25. The molecule has 0 aliphatic rings. The highest BCUT2D eigenvalue weighted by Crippen LogP contribution is 2.27. The van der Waals surface area contributed by atoms with Crippen LogP contribution in [0.15, 0.2) is 48.0 Å². The van der Waals surface area contributed by atoms with E-state index in [2.05, 4.69) is 16.4 Å². The van der Waals surface area contributed by atoms with Gasteiger partial charge in [-0.05, 0) is 36.2 Å². The van der Waals surface area contributed by atoms with E-state index in [9.17, 15) is 4.39 Å². The van der Waals surface area contributed by atoms with E-state index in [0.29, 0.717) is 5.56 Å². The molecule has 19 heavy (non-hydrogen) atoms. The summed E-state index contributed by atoms with van der Waals surface area (Å²) in [6, 6.07) is 10.7. The first-order valence-electron chi connectivity index (χ1n) is 6.04. The minimum Gasteiger partial charge on any atom is -0.309 e. The van der Waals surface area contributed by atoms with Gasteiger partial charge in [-0.25, -0.2) is 4.39 Å². The molecule has 0 aliphatic heterocycles. The van der Waals surface area contributed by atoms with E-state index in [1.165, 1.54) is 6.07 Å². The smallest absolute Gasteiger partial charge is 0.128 e. The number of fused-ring (bicyclic) bond motifs is 1. The van der Waals surface area contributed by atoms with Crippen LogP contribution in [0, 0.1) is 5.82 Å². The summed E-state index contributed by atoms with van der Waals surface area (Å²) in [5.41, 5.74) is 2.60. The van der Waals surface area contributed by atoms with Crippen LogP contribution in [0.2, 0.25) is 0 Å². The van der Waals surface area contributed by atoms with Crippen LogP contribution in [0.1, 0.15) is 17.2 Å². The van der Waals surface area contributed by atoms with E-state index >= 15 is 0 Å². The highest BCUT2D eigenvalue weighted by atomic mass is 32.1. The molecule has 2 nitrogen and oxygen atoms in total. The molecule has 0 saturated heterocycles. The average Bonchev–Trinajstić information content (AvgIpc) is 2.89. The summed E-state index contributed by atoms with van der Waals surface area (Å²) >= 11 is 1.64. The summed E-state index contributed by atoms with van der Waals surface area (Å²) in [5.74, 6) is -0.201. The molecule has 1 N–H and O–H groups in total. The number of thiophene rings is 1. The van der Waals surface area contributed by atoms with Crippen molar-refractivity contribution in [2.45, 2.75) is 6.04 Å². The zero-order valence-corrected chi connectivity index (χ0v) is 11.2. The van der Waals surface area contributed by atoms with Gasteiger partial charge in [0, 0.05) is 11.8 Å². The van der Waals surface area contributed by atoms with Gasteiger partial charge in [-0.1, -0.05) is 18.2 Å². The Balaban J connectivity index is 2.09. The Morgan fingerprint density at radius 3 is 2.89 bits per heavy atom. The van der Waals surface area contributed by atoms with Crippen molar-refractivity contribution in [1.82, 2.24) is 10.3 Å². The topological polar surface area (TPSA) is 24.9 Å². The number of aromatic nitrogens is 1. The maximum Gasteiger partial charge on any atom is 0.128 e. The Hall–Kier alpha value is -1.78. The van der Waals surface area contributed by atoms with E-state index in [1.54, 1.807) is 23.5 Å². The molecule has 2 aromatic heterocycles. The molecular formula is C15H13FN2S. The second-order valence-corrected chi connectivity index (χ2v) is 5.26. The molecule has 0 bridgehead atoms. The number of hydrogen-bond donors (Lipinski definition) is 1. The SMILES string of the molecule is CNC(c1cnc2ccsc2c1)c1ccccc1F. The van der Waals surface area contributed by atoms with Gasteiger partial charge in [-0.2, -0.15) is 0 Å². The van der Waals surface area contributed by atoms with E-state index in [-0.39, 0.29) is 11.9 Å². The Labute approximate surface area is 114 Å². The molecule has 0 fully saturated rings. The zero-order valence-electron chi connectivity index (χ0n) is 10.4. The van der Waals surface area contributed by atoms with Crippen LogP contribution in [0.5, 0.6) is 0 Å². The molecule has 0 saturated carbocycles. The fraction of sp³-hybridized carbons (Fsp3) is 0.133. The van der Waals surface area contributed by atoms with Crippen molar-refractivity contribution in [3.8, 4) is 0 Å². The molecule has 96 valence electrons. The monoisotopic (exact) mass is 272 g/mol. The Bertz CT molecular complexity index is 708. The number of nitrogens with one attached hydrogen (secondary N) is 1. The molecule has 0 amide bonds. The van der Waals surface area contributed by atoms with Crippen molar-refractivity contribution >= 4 is 21.6 Å². The first kappa shape index (κ1) is 12.3. The molecule has 0 spiro atoms. The predicted octanol–water partition coefficient (Wildman–Crippen LogP) is 3.74. The Kier molecular flexibility index (Phi) is 3.27. The first-order chi connectivity index (χ1) is 9.29. The van der Waals surface area contributed by atoms with Crippen LogP contribution >= 0.6 is 11.3 Å². The van der Waals surface area contributed by atoms with E-state index in [0.717, 1.165) is 15.8 Å². The predicted molar refractivity (Wildman–Crippen MR) is 76.9 cm³/mol. The fourth-order valence-corrected chi connectivity index (χ4v) is 3.02. The summed E-state index contributed by atoms with van der Waals surface area (Å²) in [4.78, 5) is 4.41. The molecule has 3 rings (SSSR count). The van der Waals surface area contributed by atoms with Crippen molar-refractivity contribution in [2.75, 3.05) is 7.05 Å². The number of nitrogens with zero attached hydrogens (tertiary/aromatic N) is 1. The number of pyridine rings is 1. The fourth-order valence-electron chi connectivity index (χ4n) is 2.23. The van der Waals surface area contributed by atoms with Gasteiger partial charge in [-0.15, -0.1) is 11.3 Å². The summed E-state index contributed by atoms with van der Waals surface area (Å²) in [6.07, 6.45) is 1.81. The molecule has 0 radical (unpaired) electrons. The lowest BCUT2D eigenvalue weighted by molar-refractivity contribution is 0.576. The van der Waals surface area contributed by atoms with Crippen molar-refractivity contribution in [3.63, 3.8) is 0 Å². The van der Waals surface area contributed by atoms with Gasteiger partial charge in [0.05, 0.1) is 16.3 Å². The lowest BCUT2D eigenvalue weighted by atomic mass is 10.00. The van der Waals surface area contributed by atoms with Crippen molar-refractivity contribution in [1.29, 1.82) is 0 Å². The second kappa shape index (κ2) is 5.07. The molecule has 4 heteroatoms. The molecule has 1 aromatic carbocycles. The van der Waals surface area contributed by atoms with Gasteiger partial charge in [0.15, 0.2) is 0 Å².